The first-order valence-corrected chi connectivity index (χ1v) is 6.97. The molecule has 0 amide bonds. The minimum Gasteiger partial charge on any atom is -0.399 e. The van der Waals surface area contributed by atoms with Gasteiger partial charge in [0, 0.05) is 5.69 Å². The fourth-order valence-corrected chi connectivity index (χ4v) is 2.97. The molecule has 3 aromatic rings. The summed E-state index contributed by atoms with van der Waals surface area (Å²) in [5, 5.41) is 3.84. The first-order valence-electron chi connectivity index (χ1n) is 5.53. The average molecular weight is 291 g/mol. The van der Waals surface area contributed by atoms with E-state index in [0.717, 1.165) is 16.6 Å². The number of nitrogen functional groups attached to an aromatic ring is 1. The molecule has 1 aromatic carbocycles. The molecule has 102 valence electrons. The molecule has 0 unspecified atom stereocenters. The summed E-state index contributed by atoms with van der Waals surface area (Å²) in [6, 6.07) is 5.67. The van der Waals surface area contributed by atoms with Crippen LogP contribution in [0.25, 0.3) is 11.0 Å². The van der Waals surface area contributed by atoms with Gasteiger partial charge in [-0.3, -0.25) is 4.79 Å². The van der Waals surface area contributed by atoms with E-state index in [1.165, 1.54) is 24.3 Å². The first kappa shape index (κ1) is 12.4. The molecule has 0 atom stereocenters. The second-order valence-corrected chi connectivity index (χ2v) is 5.80. The summed E-state index contributed by atoms with van der Waals surface area (Å²) in [6.07, 6.45) is 2.29. The maximum atomic E-state index is 12.4. The molecule has 0 aliphatic rings. The number of fused-ring (bicyclic) bond motifs is 1. The topological polar surface area (TPSA) is 124 Å². The Hall–Kier alpha value is -2.68. The average Bonchev–Trinajstić information content (AvgIpc) is 2.85. The van der Waals surface area contributed by atoms with Gasteiger partial charge < -0.3 is 10.7 Å². The third kappa shape index (κ3) is 1.75. The van der Waals surface area contributed by atoms with Gasteiger partial charge in [-0.15, -0.1) is 4.09 Å². The number of anilines is 1. The number of aromatic amines is 1. The van der Waals surface area contributed by atoms with Crippen LogP contribution in [0.2, 0.25) is 0 Å². The van der Waals surface area contributed by atoms with Gasteiger partial charge in [-0.25, -0.2) is 4.98 Å². The van der Waals surface area contributed by atoms with Gasteiger partial charge in [0.2, 0.25) is 0 Å². The van der Waals surface area contributed by atoms with E-state index < -0.39 is 15.6 Å². The van der Waals surface area contributed by atoms with Crippen molar-refractivity contribution in [2.24, 2.45) is 0 Å². The van der Waals surface area contributed by atoms with E-state index >= 15 is 0 Å². The van der Waals surface area contributed by atoms with Crippen molar-refractivity contribution in [1.29, 1.82) is 0 Å². The van der Waals surface area contributed by atoms with Crippen LogP contribution in [0, 0.1) is 0 Å². The van der Waals surface area contributed by atoms with Crippen molar-refractivity contribution in [3.8, 4) is 0 Å². The third-order valence-electron chi connectivity index (χ3n) is 2.75. The molecule has 2 heterocycles. The van der Waals surface area contributed by atoms with Crippen LogP contribution in [0.4, 0.5) is 5.69 Å². The molecule has 0 fully saturated rings. The molecule has 0 bridgehead atoms. The largest absolute Gasteiger partial charge is 0.399 e. The van der Waals surface area contributed by atoms with Crippen LogP contribution in [0.5, 0.6) is 0 Å². The van der Waals surface area contributed by atoms with Crippen molar-refractivity contribution in [2.45, 2.75) is 4.90 Å². The van der Waals surface area contributed by atoms with Gasteiger partial charge in [-0.2, -0.15) is 13.5 Å². The van der Waals surface area contributed by atoms with E-state index in [4.69, 9.17) is 5.73 Å². The van der Waals surface area contributed by atoms with Crippen LogP contribution >= 0.6 is 0 Å². The Balaban J connectivity index is 2.27. The van der Waals surface area contributed by atoms with Gasteiger partial charge in [-0.1, -0.05) is 0 Å². The van der Waals surface area contributed by atoms with Crippen molar-refractivity contribution in [2.75, 3.05) is 5.73 Å². The molecule has 20 heavy (non-hydrogen) atoms. The number of H-pyrrole nitrogens is 1. The lowest BCUT2D eigenvalue weighted by molar-refractivity contribution is 0.582. The van der Waals surface area contributed by atoms with E-state index in [0.29, 0.717) is 5.69 Å². The van der Waals surface area contributed by atoms with E-state index in [-0.39, 0.29) is 15.9 Å². The van der Waals surface area contributed by atoms with Crippen molar-refractivity contribution < 1.29 is 8.42 Å². The molecule has 0 aliphatic heterocycles. The lowest BCUT2D eigenvalue weighted by atomic mass is 10.3. The third-order valence-corrected chi connectivity index (χ3v) is 4.34. The van der Waals surface area contributed by atoms with E-state index in [2.05, 4.69) is 15.1 Å². The number of benzene rings is 1. The smallest absolute Gasteiger partial charge is 0.284 e. The lowest BCUT2D eigenvalue weighted by Gasteiger charge is -2.05. The summed E-state index contributed by atoms with van der Waals surface area (Å²) >= 11 is 0. The second kappa shape index (κ2) is 4.17. The number of aromatic nitrogens is 4. The highest BCUT2D eigenvalue weighted by molar-refractivity contribution is 7.90. The fourth-order valence-electron chi connectivity index (χ4n) is 1.75. The summed E-state index contributed by atoms with van der Waals surface area (Å²) in [6.45, 7) is 0. The number of nitrogens with zero attached hydrogens (tertiary/aromatic N) is 3. The van der Waals surface area contributed by atoms with Gasteiger partial charge in [0.15, 0.2) is 5.65 Å². The Morgan fingerprint density at radius 2 is 1.90 bits per heavy atom. The summed E-state index contributed by atoms with van der Waals surface area (Å²) in [4.78, 5) is 17.8. The zero-order valence-electron chi connectivity index (χ0n) is 10.0. The van der Waals surface area contributed by atoms with Gasteiger partial charge in [0.1, 0.15) is 5.39 Å². The van der Waals surface area contributed by atoms with E-state index in [9.17, 15) is 13.2 Å². The lowest BCUT2D eigenvalue weighted by Crippen LogP contribution is -2.16. The SMILES string of the molecule is Nc1ccc(S(=O)(=O)n2ncc3c(=O)[nH]cnc32)cc1. The summed E-state index contributed by atoms with van der Waals surface area (Å²) in [5.74, 6) is 0. The van der Waals surface area contributed by atoms with Crippen LogP contribution in [-0.2, 0) is 10.0 Å². The molecule has 0 spiro atoms. The summed E-state index contributed by atoms with van der Waals surface area (Å²) in [5.41, 5.74) is 5.50. The zero-order chi connectivity index (χ0) is 14.3. The Labute approximate surface area is 112 Å². The highest BCUT2D eigenvalue weighted by Crippen LogP contribution is 2.17. The van der Waals surface area contributed by atoms with Crippen molar-refractivity contribution >= 4 is 26.7 Å². The Kier molecular flexibility index (Phi) is 2.57. The van der Waals surface area contributed by atoms with Crippen molar-refractivity contribution in [3.05, 3.63) is 47.1 Å². The number of hydrogen-bond donors (Lipinski definition) is 2. The number of hydrogen-bond acceptors (Lipinski definition) is 6. The molecular weight excluding hydrogens is 282 g/mol. The molecule has 8 nitrogen and oxygen atoms in total. The molecule has 3 N–H and O–H groups in total. The predicted octanol–water partition coefficient (Wildman–Crippen LogP) is -0.0612. The van der Waals surface area contributed by atoms with Gasteiger partial charge >= 0.3 is 0 Å². The molecular formula is C11H9N5O3S. The monoisotopic (exact) mass is 291 g/mol. The number of nitrogens with two attached hydrogens (primary N) is 1. The maximum absolute atomic E-state index is 12.4. The molecule has 3 rings (SSSR count). The number of nitrogens with one attached hydrogen (secondary N) is 1. The molecule has 9 heteroatoms. The van der Waals surface area contributed by atoms with Crippen LogP contribution in [-0.4, -0.2) is 27.6 Å². The quantitative estimate of drug-likeness (QED) is 0.637. The molecule has 2 aromatic heterocycles. The van der Waals surface area contributed by atoms with E-state index in [1.807, 2.05) is 0 Å². The summed E-state index contributed by atoms with van der Waals surface area (Å²) in [7, 11) is -3.92. The van der Waals surface area contributed by atoms with Crippen LogP contribution in [0.3, 0.4) is 0 Å². The highest BCUT2D eigenvalue weighted by Gasteiger charge is 2.21. The predicted molar refractivity (Wildman–Crippen MR) is 71.6 cm³/mol. The molecule has 0 radical (unpaired) electrons. The summed E-state index contributed by atoms with van der Waals surface area (Å²) < 4.78 is 25.6. The minimum absolute atomic E-state index is 0.0128. The zero-order valence-corrected chi connectivity index (χ0v) is 10.8. The van der Waals surface area contributed by atoms with Crippen LogP contribution in [0.1, 0.15) is 0 Å². The normalized spacial score (nSPS) is 11.8. The minimum atomic E-state index is -3.92. The van der Waals surface area contributed by atoms with Gasteiger partial charge in [0.25, 0.3) is 15.6 Å². The van der Waals surface area contributed by atoms with Crippen LogP contribution in [0.15, 0.2) is 46.5 Å². The van der Waals surface area contributed by atoms with E-state index in [1.54, 1.807) is 0 Å². The van der Waals surface area contributed by atoms with Crippen LogP contribution < -0.4 is 11.3 Å². The maximum Gasteiger partial charge on any atom is 0.284 e. The Morgan fingerprint density at radius 1 is 1.20 bits per heavy atom. The van der Waals surface area contributed by atoms with Crippen molar-refractivity contribution in [3.63, 3.8) is 0 Å². The highest BCUT2D eigenvalue weighted by atomic mass is 32.2. The second-order valence-electron chi connectivity index (χ2n) is 4.03. The van der Waals surface area contributed by atoms with Gasteiger partial charge in [0.05, 0.1) is 17.4 Å². The Morgan fingerprint density at radius 3 is 2.60 bits per heavy atom. The van der Waals surface area contributed by atoms with Crippen molar-refractivity contribution in [1.82, 2.24) is 19.2 Å². The Bertz CT molecular complexity index is 940. The molecule has 0 aliphatic carbocycles. The molecule has 0 saturated heterocycles. The van der Waals surface area contributed by atoms with Gasteiger partial charge in [-0.05, 0) is 24.3 Å². The molecule has 0 saturated carbocycles. The fraction of sp³-hybridized carbons (Fsp3) is 0. The first-order chi connectivity index (χ1) is 9.50. The standard InChI is InChI=1S/C11H9N5O3S/c12-7-1-3-8(4-2-7)20(18,19)16-10-9(5-15-16)11(17)14-6-13-10/h1-6H,12H2,(H,13,14,17). The number of rotatable bonds is 2.